The number of nitrogens with one attached hydrogen (secondary N) is 2. The highest BCUT2D eigenvalue weighted by molar-refractivity contribution is 5.58. The number of aromatic amines is 1. The van der Waals surface area contributed by atoms with Gasteiger partial charge in [0.1, 0.15) is 0 Å². The number of hydrogen-bond donors (Lipinski definition) is 2. The van der Waals surface area contributed by atoms with Crippen LogP contribution in [0.25, 0.3) is 0 Å². The highest BCUT2D eigenvalue weighted by Gasteiger charge is 2.36. The zero-order valence-corrected chi connectivity index (χ0v) is 10.4. The molecule has 0 aliphatic heterocycles. The van der Waals surface area contributed by atoms with E-state index in [4.69, 9.17) is 0 Å². The molecule has 1 aromatic carbocycles. The highest BCUT2D eigenvalue weighted by Crippen LogP contribution is 2.37. The van der Waals surface area contributed by atoms with Crippen molar-refractivity contribution in [2.75, 3.05) is 5.32 Å². The molecule has 22 heavy (non-hydrogen) atoms. The van der Waals surface area contributed by atoms with E-state index in [0.29, 0.717) is 12.1 Å². The first-order valence-corrected chi connectivity index (χ1v) is 5.54. The van der Waals surface area contributed by atoms with Gasteiger partial charge >= 0.3 is 18.0 Å². The predicted octanol–water partition coefficient (Wildman–Crippen LogP) is 2.95. The zero-order chi connectivity index (χ0) is 16.5. The van der Waals surface area contributed by atoms with Gasteiger partial charge < -0.3 is 5.32 Å². The number of H-pyrrole nitrogens is 1. The van der Waals surface area contributed by atoms with Crippen molar-refractivity contribution < 1.29 is 26.3 Å². The van der Waals surface area contributed by atoms with Crippen LogP contribution >= 0.6 is 0 Å². The highest BCUT2D eigenvalue weighted by atomic mass is 19.4. The normalized spacial score (nSPS) is 12.3. The molecule has 0 unspecified atom stereocenters. The molecule has 2 rings (SSSR count). The van der Waals surface area contributed by atoms with Crippen LogP contribution in [0.2, 0.25) is 0 Å². The first-order chi connectivity index (χ1) is 10.1. The summed E-state index contributed by atoms with van der Waals surface area (Å²) in [5.74, 6) is -0.295. The number of alkyl halides is 6. The Balaban J connectivity index is 2.48. The summed E-state index contributed by atoms with van der Waals surface area (Å²) in [5, 5.41) is 7.40. The van der Waals surface area contributed by atoms with Gasteiger partial charge in [-0.25, -0.2) is 9.89 Å². The van der Waals surface area contributed by atoms with Crippen molar-refractivity contribution in [3.63, 3.8) is 0 Å². The van der Waals surface area contributed by atoms with Gasteiger partial charge in [0.2, 0.25) is 0 Å². The Morgan fingerprint density at radius 2 is 1.50 bits per heavy atom. The third-order valence-corrected chi connectivity index (χ3v) is 2.43. The summed E-state index contributed by atoms with van der Waals surface area (Å²) >= 11 is 0. The molecule has 5 nitrogen and oxygen atoms in total. The molecule has 0 amide bonds. The molecule has 0 saturated carbocycles. The molecule has 0 saturated heterocycles. The molecule has 1 heterocycles. The smallest absolute Gasteiger partial charge is 0.339 e. The van der Waals surface area contributed by atoms with Crippen LogP contribution in [-0.2, 0) is 12.4 Å². The summed E-state index contributed by atoms with van der Waals surface area (Å²) in [6.07, 6.45) is -8.98. The quantitative estimate of drug-likeness (QED) is 0.833. The van der Waals surface area contributed by atoms with Crippen molar-refractivity contribution in [2.24, 2.45) is 0 Å². The maximum atomic E-state index is 12.7. The van der Waals surface area contributed by atoms with Crippen molar-refractivity contribution in [1.82, 2.24) is 15.2 Å². The van der Waals surface area contributed by atoms with E-state index >= 15 is 0 Å². The second-order valence-corrected chi connectivity index (χ2v) is 4.09. The van der Waals surface area contributed by atoms with Gasteiger partial charge in [-0.2, -0.15) is 36.4 Å². The molecule has 11 heteroatoms. The van der Waals surface area contributed by atoms with Gasteiger partial charge in [-0.15, -0.1) is 0 Å². The molecule has 2 N–H and O–H groups in total. The van der Waals surface area contributed by atoms with Gasteiger partial charge in [-0.1, -0.05) is 0 Å². The van der Waals surface area contributed by atoms with E-state index in [0.717, 1.165) is 6.20 Å². The van der Waals surface area contributed by atoms with Crippen LogP contribution in [0.15, 0.2) is 29.2 Å². The molecule has 2 aromatic rings. The monoisotopic (exact) mass is 324 g/mol. The molecule has 0 bridgehead atoms. The van der Waals surface area contributed by atoms with E-state index in [1.807, 2.05) is 5.10 Å². The molecule has 118 valence electrons. The largest absolute Gasteiger partial charge is 0.416 e. The lowest BCUT2D eigenvalue weighted by molar-refractivity contribution is -0.143. The van der Waals surface area contributed by atoms with E-state index in [1.165, 1.54) is 0 Å². The third kappa shape index (κ3) is 3.74. The van der Waals surface area contributed by atoms with Crippen LogP contribution in [0, 0.1) is 0 Å². The molecule has 0 spiro atoms. The first-order valence-electron chi connectivity index (χ1n) is 5.54. The summed E-state index contributed by atoms with van der Waals surface area (Å²) in [7, 11) is 0. The Morgan fingerprint density at radius 3 is 1.95 bits per heavy atom. The SMILES string of the molecule is O=c1nc(Nc2cc(C(F)(F)F)cc(C(F)(F)F)c2)cn[nH]1. The summed E-state index contributed by atoms with van der Waals surface area (Å²) in [5.41, 5.74) is -4.40. The lowest BCUT2D eigenvalue weighted by atomic mass is 10.1. The van der Waals surface area contributed by atoms with Crippen molar-refractivity contribution >= 4 is 11.5 Å². The average Bonchev–Trinajstić information content (AvgIpc) is 2.36. The lowest BCUT2D eigenvalue weighted by Crippen LogP contribution is -2.14. The number of benzene rings is 1. The number of rotatable bonds is 2. The Hall–Kier alpha value is -2.59. The van der Waals surface area contributed by atoms with Crippen LogP contribution in [0.3, 0.4) is 0 Å². The van der Waals surface area contributed by atoms with E-state index in [9.17, 15) is 31.1 Å². The fourth-order valence-electron chi connectivity index (χ4n) is 1.55. The van der Waals surface area contributed by atoms with Crippen molar-refractivity contribution in [2.45, 2.75) is 12.4 Å². The topological polar surface area (TPSA) is 70.7 Å². The second kappa shape index (κ2) is 5.31. The summed E-state index contributed by atoms with van der Waals surface area (Å²) in [4.78, 5) is 14.2. The number of nitrogens with zero attached hydrogens (tertiary/aromatic N) is 2. The van der Waals surface area contributed by atoms with E-state index in [1.54, 1.807) is 0 Å². The van der Waals surface area contributed by atoms with Crippen molar-refractivity contribution in [3.8, 4) is 0 Å². The molecular weight excluding hydrogens is 318 g/mol. The zero-order valence-electron chi connectivity index (χ0n) is 10.4. The number of hydrogen-bond acceptors (Lipinski definition) is 4. The van der Waals surface area contributed by atoms with Gasteiger partial charge in [0.15, 0.2) is 5.82 Å². The first kappa shape index (κ1) is 15.8. The summed E-state index contributed by atoms with van der Waals surface area (Å²) < 4.78 is 76.0. The van der Waals surface area contributed by atoms with E-state index in [2.05, 4.69) is 15.4 Å². The van der Waals surface area contributed by atoms with Crippen LogP contribution in [0.5, 0.6) is 0 Å². The van der Waals surface area contributed by atoms with Gasteiger partial charge in [-0.05, 0) is 18.2 Å². The predicted molar refractivity (Wildman–Crippen MR) is 62.4 cm³/mol. The lowest BCUT2D eigenvalue weighted by Gasteiger charge is -2.14. The van der Waals surface area contributed by atoms with Gasteiger partial charge in [0.05, 0.1) is 17.3 Å². The Labute approximate surface area is 118 Å². The Kier molecular flexibility index (Phi) is 3.81. The third-order valence-electron chi connectivity index (χ3n) is 2.43. The average molecular weight is 324 g/mol. The van der Waals surface area contributed by atoms with Crippen LogP contribution in [0.4, 0.5) is 37.8 Å². The maximum Gasteiger partial charge on any atom is 0.416 e. The molecule has 0 aliphatic carbocycles. The minimum Gasteiger partial charge on any atom is -0.339 e. The minimum absolute atomic E-state index is 0.00530. The molecule has 0 radical (unpaired) electrons. The van der Waals surface area contributed by atoms with Crippen LogP contribution in [0.1, 0.15) is 11.1 Å². The van der Waals surface area contributed by atoms with Crippen molar-refractivity contribution in [1.29, 1.82) is 0 Å². The van der Waals surface area contributed by atoms with Crippen LogP contribution < -0.4 is 11.0 Å². The minimum atomic E-state index is -4.96. The van der Waals surface area contributed by atoms with Crippen molar-refractivity contribution in [3.05, 3.63) is 46.0 Å². The van der Waals surface area contributed by atoms with Crippen LogP contribution in [-0.4, -0.2) is 15.2 Å². The number of aromatic nitrogens is 3. The molecule has 0 atom stereocenters. The second-order valence-electron chi connectivity index (χ2n) is 4.09. The number of anilines is 2. The van der Waals surface area contributed by atoms with E-state index in [-0.39, 0.29) is 11.9 Å². The molecule has 0 aliphatic rings. The maximum absolute atomic E-state index is 12.7. The van der Waals surface area contributed by atoms with Gasteiger partial charge in [0, 0.05) is 5.69 Å². The fraction of sp³-hybridized carbons (Fsp3) is 0.182. The fourth-order valence-corrected chi connectivity index (χ4v) is 1.55. The van der Waals surface area contributed by atoms with Gasteiger partial charge in [-0.3, -0.25) is 0 Å². The Morgan fingerprint density at radius 1 is 0.955 bits per heavy atom. The summed E-state index contributed by atoms with van der Waals surface area (Å²) in [6.45, 7) is 0. The summed E-state index contributed by atoms with van der Waals surface area (Å²) in [6, 6.07) is 0.935. The molecule has 1 aromatic heterocycles. The molecular formula is C11H6F6N4O. The molecule has 0 fully saturated rings. The van der Waals surface area contributed by atoms with Gasteiger partial charge in [0.25, 0.3) is 0 Å². The standard InChI is InChI=1S/C11H6F6N4O/c12-10(13,14)5-1-6(11(15,16)17)3-7(2-5)19-8-4-18-21-9(22)20-8/h1-4H,(H2,19,20,21,22). The number of halogens is 6. The van der Waals surface area contributed by atoms with E-state index < -0.39 is 34.9 Å². The Bertz CT molecular complexity index is 704.